The van der Waals surface area contributed by atoms with Gasteiger partial charge >= 0.3 is 0 Å². The van der Waals surface area contributed by atoms with Crippen molar-refractivity contribution in [3.8, 4) is 5.75 Å². The number of aromatic amines is 1. The van der Waals surface area contributed by atoms with Crippen LogP contribution in [0.2, 0.25) is 0 Å². The lowest BCUT2D eigenvalue weighted by Crippen LogP contribution is -2.24. The first-order valence-electron chi connectivity index (χ1n) is 8.98. The number of hydrogen-bond donors (Lipinski definition) is 1. The topological polar surface area (TPSA) is 42.1 Å². The number of methoxy groups -OCH3 is 1. The van der Waals surface area contributed by atoms with Crippen molar-refractivity contribution in [1.29, 1.82) is 0 Å². The quantitative estimate of drug-likeness (QED) is 0.697. The molecule has 0 saturated heterocycles. The van der Waals surface area contributed by atoms with Crippen molar-refractivity contribution in [2.24, 2.45) is 0 Å². The van der Waals surface area contributed by atoms with Crippen LogP contribution in [0, 0.1) is 6.92 Å². The standard InChI is InChI=1S/C19H31NO2/c1-4-5-6-7-8-9-11-15-12-10-13-16-17(15)18(21)19(22-3)14(2)20-16/h15H,4-13H2,1-3H3,(H,20,21)/t15-/m0/s1. The molecular formula is C19H31NO2. The predicted octanol–water partition coefficient (Wildman–Crippen LogP) is 4.86. The molecule has 0 aliphatic heterocycles. The third kappa shape index (κ3) is 3.93. The number of nitrogens with one attached hydrogen (secondary N) is 1. The minimum Gasteiger partial charge on any atom is -0.491 e. The number of aromatic nitrogens is 1. The number of H-pyrrole nitrogens is 1. The summed E-state index contributed by atoms with van der Waals surface area (Å²) in [6.45, 7) is 4.18. The number of aryl methyl sites for hydroxylation is 2. The van der Waals surface area contributed by atoms with Crippen molar-refractivity contribution in [2.45, 2.75) is 84.0 Å². The second kappa shape index (κ2) is 8.40. The average Bonchev–Trinajstić information content (AvgIpc) is 2.51. The fourth-order valence-electron chi connectivity index (χ4n) is 3.78. The Bertz CT molecular complexity index is 533. The molecule has 1 atom stereocenters. The van der Waals surface area contributed by atoms with Gasteiger partial charge in [0, 0.05) is 11.3 Å². The lowest BCUT2D eigenvalue weighted by molar-refractivity contribution is 0.398. The zero-order chi connectivity index (χ0) is 15.9. The number of hydrogen-bond acceptors (Lipinski definition) is 2. The minimum atomic E-state index is 0.129. The number of ether oxygens (including phenoxy) is 1. The maximum atomic E-state index is 12.7. The molecule has 0 aromatic carbocycles. The lowest BCUT2D eigenvalue weighted by Gasteiger charge is -2.26. The molecule has 124 valence electrons. The molecule has 0 radical (unpaired) electrons. The third-order valence-corrected chi connectivity index (χ3v) is 4.95. The van der Waals surface area contributed by atoms with Gasteiger partial charge in [-0.25, -0.2) is 0 Å². The molecule has 1 aliphatic carbocycles. The fourth-order valence-corrected chi connectivity index (χ4v) is 3.78. The molecular weight excluding hydrogens is 274 g/mol. The van der Waals surface area contributed by atoms with Crippen LogP contribution in [0.3, 0.4) is 0 Å². The van der Waals surface area contributed by atoms with E-state index < -0.39 is 0 Å². The van der Waals surface area contributed by atoms with Gasteiger partial charge in [-0.1, -0.05) is 45.4 Å². The SMILES string of the molecule is CCCCCCCC[C@H]1CCCc2[nH]c(C)c(OC)c(=O)c21. The van der Waals surface area contributed by atoms with Crippen LogP contribution in [0.5, 0.6) is 5.75 Å². The average molecular weight is 305 g/mol. The van der Waals surface area contributed by atoms with Gasteiger partial charge in [-0.05, 0) is 38.5 Å². The van der Waals surface area contributed by atoms with Crippen LogP contribution in [0.25, 0.3) is 0 Å². The summed E-state index contributed by atoms with van der Waals surface area (Å²) in [6.07, 6.45) is 12.4. The molecule has 2 rings (SSSR count). The highest BCUT2D eigenvalue weighted by Gasteiger charge is 2.26. The van der Waals surface area contributed by atoms with E-state index in [2.05, 4.69) is 11.9 Å². The molecule has 0 amide bonds. The van der Waals surface area contributed by atoms with E-state index in [4.69, 9.17) is 4.74 Å². The molecule has 1 aromatic heterocycles. The summed E-state index contributed by atoms with van der Waals surface area (Å²) in [5.74, 6) is 0.932. The second-order valence-electron chi connectivity index (χ2n) is 6.65. The Morgan fingerprint density at radius 3 is 2.64 bits per heavy atom. The Hall–Kier alpha value is -1.25. The van der Waals surface area contributed by atoms with Crippen LogP contribution in [-0.2, 0) is 6.42 Å². The van der Waals surface area contributed by atoms with Crippen molar-refractivity contribution in [3.05, 3.63) is 27.2 Å². The molecule has 0 spiro atoms. The molecule has 0 bridgehead atoms. The summed E-state index contributed by atoms with van der Waals surface area (Å²) >= 11 is 0. The van der Waals surface area contributed by atoms with Crippen LogP contribution in [0.1, 0.15) is 87.6 Å². The Morgan fingerprint density at radius 1 is 1.18 bits per heavy atom. The Morgan fingerprint density at radius 2 is 1.91 bits per heavy atom. The summed E-state index contributed by atoms with van der Waals surface area (Å²) in [6, 6.07) is 0. The zero-order valence-electron chi connectivity index (χ0n) is 14.5. The van der Waals surface area contributed by atoms with Crippen LogP contribution >= 0.6 is 0 Å². The van der Waals surface area contributed by atoms with E-state index in [-0.39, 0.29) is 5.43 Å². The van der Waals surface area contributed by atoms with Crippen molar-refractivity contribution in [2.75, 3.05) is 7.11 Å². The van der Waals surface area contributed by atoms with E-state index in [1.807, 2.05) is 6.92 Å². The first-order valence-corrected chi connectivity index (χ1v) is 8.98. The number of fused-ring (bicyclic) bond motifs is 1. The van der Waals surface area contributed by atoms with E-state index in [9.17, 15) is 4.79 Å². The maximum Gasteiger partial charge on any atom is 0.227 e. The number of unbranched alkanes of at least 4 members (excludes halogenated alkanes) is 5. The number of rotatable bonds is 8. The Labute approximate surface area is 134 Å². The van der Waals surface area contributed by atoms with Crippen molar-refractivity contribution in [1.82, 2.24) is 4.98 Å². The Balaban J connectivity index is 2.03. The molecule has 0 saturated carbocycles. The molecule has 1 aliphatic rings. The highest BCUT2D eigenvalue weighted by molar-refractivity contribution is 5.38. The van der Waals surface area contributed by atoms with E-state index >= 15 is 0 Å². The van der Waals surface area contributed by atoms with E-state index in [1.54, 1.807) is 7.11 Å². The summed E-state index contributed by atoms with van der Waals surface area (Å²) in [5, 5.41) is 0. The molecule has 1 aromatic rings. The molecule has 1 heterocycles. The lowest BCUT2D eigenvalue weighted by atomic mass is 9.81. The smallest absolute Gasteiger partial charge is 0.227 e. The van der Waals surface area contributed by atoms with E-state index in [1.165, 1.54) is 44.9 Å². The number of pyridine rings is 1. The molecule has 22 heavy (non-hydrogen) atoms. The maximum absolute atomic E-state index is 12.7. The van der Waals surface area contributed by atoms with Crippen molar-refractivity contribution in [3.63, 3.8) is 0 Å². The largest absolute Gasteiger partial charge is 0.491 e. The first-order chi connectivity index (χ1) is 10.7. The van der Waals surface area contributed by atoms with Crippen LogP contribution in [0.4, 0.5) is 0 Å². The van der Waals surface area contributed by atoms with Crippen LogP contribution in [-0.4, -0.2) is 12.1 Å². The fraction of sp³-hybridized carbons (Fsp3) is 0.737. The van der Waals surface area contributed by atoms with Gasteiger partial charge < -0.3 is 9.72 Å². The first kappa shape index (κ1) is 17.1. The van der Waals surface area contributed by atoms with Crippen LogP contribution in [0.15, 0.2) is 4.79 Å². The molecule has 0 unspecified atom stereocenters. The van der Waals surface area contributed by atoms with Gasteiger partial charge in [-0.2, -0.15) is 0 Å². The van der Waals surface area contributed by atoms with Gasteiger partial charge in [0.15, 0.2) is 5.75 Å². The zero-order valence-corrected chi connectivity index (χ0v) is 14.5. The van der Waals surface area contributed by atoms with Crippen molar-refractivity contribution >= 4 is 0 Å². The van der Waals surface area contributed by atoms with Gasteiger partial charge in [0.05, 0.1) is 12.8 Å². The summed E-state index contributed by atoms with van der Waals surface area (Å²) < 4.78 is 5.32. The van der Waals surface area contributed by atoms with E-state index in [0.717, 1.165) is 36.2 Å². The second-order valence-corrected chi connectivity index (χ2v) is 6.65. The Kier molecular flexibility index (Phi) is 6.53. The van der Waals surface area contributed by atoms with Gasteiger partial charge in [-0.3, -0.25) is 4.79 Å². The van der Waals surface area contributed by atoms with Crippen molar-refractivity contribution < 1.29 is 4.74 Å². The molecule has 0 fully saturated rings. The molecule has 3 heteroatoms. The predicted molar refractivity (Wildman–Crippen MR) is 92.0 cm³/mol. The molecule has 3 nitrogen and oxygen atoms in total. The van der Waals surface area contributed by atoms with Gasteiger partial charge in [-0.15, -0.1) is 0 Å². The van der Waals surface area contributed by atoms with Gasteiger partial charge in [0.25, 0.3) is 0 Å². The normalized spacial score (nSPS) is 17.3. The minimum absolute atomic E-state index is 0.129. The van der Waals surface area contributed by atoms with Gasteiger partial charge in [0.1, 0.15) is 0 Å². The van der Waals surface area contributed by atoms with Gasteiger partial charge in [0.2, 0.25) is 5.43 Å². The highest BCUT2D eigenvalue weighted by atomic mass is 16.5. The monoisotopic (exact) mass is 305 g/mol. The summed E-state index contributed by atoms with van der Waals surface area (Å²) in [7, 11) is 1.59. The van der Waals surface area contributed by atoms with Crippen LogP contribution < -0.4 is 10.2 Å². The van der Waals surface area contributed by atoms with E-state index in [0.29, 0.717) is 11.7 Å². The highest BCUT2D eigenvalue weighted by Crippen LogP contribution is 2.34. The summed E-state index contributed by atoms with van der Waals surface area (Å²) in [4.78, 5) is 16.1. The third-order valence-electron chi connectivity index (χ3n) is 4.95. The molecule has 1 N–H and O–H groups in total. The summed E-state index contributed by atoms with van der Waals surface area (Å²) in [5.41, 5.74) is 3.17.